The van der Waals surface area contributed by atoms with Crippen LogP contribution in [-0.4, -0.2) is 52.0 Å². The molecule has 2 bridgehead atoms. The summed E-state index contributed by atoms with van der Waals surface area (Å²) in [4.78, 5) is 4.68. The van der Waals surface area contributed by atoms with E-state index in [-0.39, 0.29) is 0 Å². The molecule has 3 aliphatic rings. The van der Waals surface area contributed by atoms with Gasteiger partial charge >= 0.3 is 0 Å². The van der Waals surface area contributed by atoms with Gasteiger partial charge in [-0.05, 0) is 63.2 Å². The van der Waals surface area contributed by atoms with E-state index in [1.54, 1.807) is 0 Å². The average Bonchev–Trinajstić information content (AvgIpc) is 3.35. The van der Waals surface area contributed by atoms with Gasteiger partial charge in [-0.2, -0.15) is 0 Å². The van der Waals surface area contributed by atoms with Crippen molar-refractivity contribution >= 4 is 5.96 Å². The topological polar surface area (TPSA) is 54.9 Å². The van der Waals surface area contributed by atoms with Gasteiger partial charge in [0, 0.05) is 38.8 Å². The monoisotopic (exact) mass is 351 g/mol. The molecule has 144 valence electrons. The third-order valence-corrected chi connectivity index (χ3v) is 6.13. The minimum Gasteiger partial charge on any atom is -0.381 e. The lowest BCUT2D eigenvalue weighted by Gasteiger charge is -2.22. The van der Waals surface area contributed by atoms with Gasteiger partial charge in [0.2, 0.25) is 0 Å². The van der Waals surface area contributed by atoms with E-state index in [4.69, 9.17) is 9.47 Å². The summed E-state index contributed by atoms with van der Waals surface area (Å²) >= 11 is 0. The quantitative estimate of drug-likeness (QED) is 0.361. The summed E-state index contributed by atoms with van der Waals surface area (Å²) < 4.78 is 11.1. The molecule has 2 aliphatic carbocycles. The molecular weight excluding hydrogens is 314 g/mol. The second-order valence-electron chi connectivity index (χ2n) is 8.07. The molecule has 25 heavy (non-hydrogen) atoms. The smallest absolute Gasteiger partial charge is 0.191 e. The van der Waals surface area contributed by atoms with Crippen LogP contribution in [0, 0.1) is 23.7 Å². The Morgan fingerprint density at radius 1 is 1.20 bits per heavy atom. The fourth-order valence-electron chi connectivity index (χ4n) is 4.77. The van der Waals surface area contributed by atoms with Gasteiger partial charge in [-0.3, -0.25) is 4.99 Å². The Morgan fingerprint density at radius 2 is 2.16 bits per heavy atom. The number of fused-ring (bicyclic) bond motifs is 2. The number of guanidine groups is 1. The van der Waals surface area contributed by atoms with Gasteiger partial charge in [-0.1, -0.05) is 6.42 Å². The van der Waals surface area contributed by atoms with Gasteiger partial charge in [-0.15, -0.1) is 0 Å². The summed E-state index contributed by atoms with van der Waals surface area (Å²) in [6.07, 6.45) is 9.39. The van der Waals surface area contributed by atoms with Gasteiger partial charge in [-0.25, -0.2) is 0 Å². The molecule has 0 aromatic rings. The zero-order chi connectivity index (χ0) is 17.3. The van der Waals surface area contributed by atoms with Crippen LogP contribution in [0.4, 0.5) is 0 Å². The molecule has 4 unspecified atom stereocenters. The van der Waals surface area contributed by atoms with Crippen LogP contribution in [0.15, 0.2) is 4.99 Å². The Labute approximate surface area is 153 Å². The molecule has 5 nitrogen and oxygen atoms in total. The maximum absolute atomic E-state index is 5.75. The third-order valence-electron chi connectivity index (χ3n) is 6.13. The van der Waals surface area contributed by atoms with E-state index >= 15 is 0 Å². The van der Waals surface area contributed by atoms with Crippen LogP contribution >= 0.6 is 0 Å². The van der Waals surface area contributed by atoms with Gasteiger partial charge in [0.15, 0.2) is 5.96 Å². The molecule has 2 N–H and O–H groups in total. The lowest BCUT2D eigenvalue weighted by molar-refractivity contribution is 0.0893. The van der Waals surface area contributed by atoms with Crippen LogP contribution in [0.2, 0.25) is 0 Å². The van der Waals surface area contributed by atoms with Crippen molar-refractivity contribution in [3.05, 3.63) is 0 Å². The lowest BCUT2D eigenvalue weighted by atomic mass is 9.86. The van der Waals surface area contributed by atoms with E-state index in [1.807, 2.05) is 0 Å². The van der Waals surface area contributed by atoms with E-state index in [1.165, 1.54) is 32.1 Å². The molecule has 5 heteroatoms. The molecule has 1 saturated heterocycles. The zero-order valence-electron chi connectivity index (χ0n) is 16.0. The van der Waals surface area contributed by atoms with Gasteiger partial charge in [0.05, 0.1) is 13.2 Å². The molecule has 0 aromatic heterocycles. The molecule has 0 radical (unpaired) electrons. The highest BCUT2D eigenvalue weighted by molar-refractivity contribution is 5.79. The molecule has 3 rings (SSSR count). The molecule has 1 heterocycles. The predicted molar refractivity (Wildman–Crippen MR) is 102 cm³/mol. The second-order valence-corrected chi connectivity index (χ2v) is 8.07. The summed E-state index contributed by atoms with van der Waals surface area (Å²) in [5.41, 5.74) is 0. The highest BCUT2D eigenvalue weighted by Crippen LogP contribution is 2.49. The molecule has 1 aliphatic heterocycles. The summed E-state index contributed by atoms with van der Waals surface area (Å²) in [5, 5.41) is 6.88. The van der Waals surface area contributed by atoms with Crippen molar-refractivity contribution in [2.24, 2.45) is 28.7 Å². The highest BCUT2D eigenvalue weighted by Gasteiger charge is 2.38. The van der Waals surface area contributed by atoms with E-state index in [0.717, 1.165) is 82.6 Å². The largest absolute Gasteiger partial charge is 0.381 e. The van der Waals surface area contributed by atoms with Crippen LogP contribution in [0.5, 0.6) is 0 Å². The molecule has 0 aromatic carbocycles. The van der Waals surface area contributed by atoms with Crippen LogP contribution in [0.3, 0.4) is 0 Å². The first kappa shape index (κ1) is 19.0. The first-order valence-electron chi connectivity index (χ1n) is 10.5. The highest BCUT2D eigenvalue weighted by atomic mass is 16.5. The van der Waals surface area contributed by atoms with Crippen molar-refractivity contribution in [1.82, 2.24) is 10.6 Å². The number of hydrogen-bond acceptors (Lipinski definition) is 3. The molecule has 2 saturated carbocycles. The van der Waals surface area contributed by atoms with Crippen molar-refractivity contribution in [2.45, 2.75) is 51.9 Å². The molecule has 0 amide bonds. The first-order chi connectivity index (χ1) is 12.3. The zero-order valence-corrected chi connectivity index (χ0v) is 16.0. The van der Waals surface area contributed by atoms with Crippen LogP contribution in [0.1, 0.15) is 51.9 Å². The summed E-state index contributed by atoms with van der Waals surface area (Å²) in [6, 6.07) is 0. The average molecular weight is 352 g/mol. The standard InChI is InChI=1S/C20H37N3O2/c1-2-21-20(22-8-3-10-24-14-17-7-11-25-15-17)23-9-6-19-13-16-4-5-18(19)12-16/h16-19H,2-15H2,1H3,(H2,21,22,23). The number of hydrogen-bond donors (Lipinski definition) is 2. The van der Waals surface area contributed by atoms with Gasteiger partial charge < -0.3 is 20.1 Å². The number of ether oxygens (including phenoxy) is 2. The number of nitrogens with one attached hydrogen (secondary N) is 2. The Kier molecular flexibility index (Phi) is 7.86. The summed E-state index contributed by atoms with van der Waals surface area (Å²) in [7, 11) is 0. The van der Waals surface area contributed by atoms with Crippen molar-refractivity contribution in [3.8, 4) is 0 Å². The Hall–Kier alpha value is -0.810. The minimum atomic E-state index is 0.605. The Bertz CT molecular complexity index is 410. The molecule has 0 spiro atoms. The van der Waals surface area contributed by atoms with E-state index in [2.05, 4.69) is 22.5 Å². The second kappa shape index (κ2) is 10.4. The normalized spacial score (nSPS) is 31.6. The van der Waals surface area contributed by atoms with Crippen LogP contribution in [0.25, 0.3) is 0 Å². The molecular formula is C20H37N3O2. The maximum atomic E-state index is 5.75. The lowest BCUT2D eigenvalue weighted by Crippen LogP contribution is -2.38. The van der Waals surface area contributed by atoms with E-state index < -0.39 is 0 Å². The predicted octanol–water partition coefficient (Wildman–Crippen LogP) is 2.81. The minimum absolute atomic E-state index is 0.605. The Balaban J connectivity index is 1.25. The number of rotatable bonds is 10. The van der Waals surface area contributed by atoms with E-state index in [9.17, 15) is 0 Å². The van der Waals surface area contributed by atoms with Crippen molar-refractivity contribution < 1.29 is 9.47 Å². The van der Waals surface area contributed by atoms with Crippen molar-refractivity contribution in [3.63, 3.8) is 0 Å². The Morgan fingerprint density at radius 3 is 2.88 bits per heavy atom. The number of aliphatic imine (C=N–C) groups is 1. The van der Waals surface area contributed by atoms with Gasteiger partial charge in [0.1, 0.15) is 0 Å². The number of nitrogens with zero attached hydrogens (tertiary/aromatic N) is 1. The maximum Gasteiger partial charge on any atom is 0.191 e. The molecule has 3 fully saturated rings. The van der Waals surface area contributed by atoms with E-state index in [0.29, 0.717) is 5.92 Å². The van der Waals surface area contributed by atoms with Crippen molar-refractivity contribution in [2.75, 3.05) is 46.1 Å². The van der Waals surface area contributed by atoms with Crippen LogP contribution < -0.4 is 10.6 Å². The fraction of sp³-hybridized carbons (Fsp3) is 0.950. The van der Waals surface area contributed by atoms with Crippen LogP contribution in [-0.2, 0) is 9.47 Å². The fourth-order valence-corrected chi connectivity index (χ4v) is 4.77. The summed E-state index contributed by atoms with van der Waals surface area (Å²) in [6.45, 7) is 8.32. The first-order valence-corrected chi connectivity index (χ1v) is 10.5. The van der Waals surface area contributed by atoms with Gasteiger partial charge in [0.25, 0.3) is 0 Å². The third kappa shape index (κ3) is 6.14. The summed E-state index contributed by atoms with van der Waals surface area (Å²) in [5.74, 6) is 4.60. The SMILES string of the molecule is CCNC(=NCCCOCC1CCOC1)NCCC1CC2CCC1C2. The molecule has 4 atom stereocenters. The van der Waals surface area contributed by atoms with Crippen molar-refractivity contribution in [1.29, 1.82) is 0 Å².